The van der Waals surface area contributed by atoms with Crippen LogP contribution in [0.4, 0.5) is 4.79 Å². The summed E-state index contributed by atoms with van der Waals surface area (Å²) in [4.78, 5) is 25.4. The van der Waals surface area contributed by atoms with E-state index in [1.807, 2.05) is 0 Å². The fourth-order valence-electron chi connectivity index (χ4n) is 1.12. The first-order valence-electron chi connectivity index (χ1n) is 5.58. The fraction of sp³-hybridized carbons (Fsp3) is 0.385. The summed E-state index contributed by atoms with van der Waals surface area (Å²) in [6, 6.07) is 3.40. The maximum absolute atomic E-state index is 11.5. The van der Waals surface area contributed by atoms with Gasteiger partial charge in [-0.15, -0.1) is 0 Å². The number of ether oxygens (including phenoxy) is 2. The molecule has 1 aromatic heterocycles. The summed E-state index contributed by atoms with van der Waals surface area (Å²) in [5, 5.41) is 0. The first-order chi connectivity index (χ1) is 8.38. The highest BCUT2D eigenvalue weighted by atomic mass is 16.7. The molecule has 0 aromatic carbocycles. The van der Waals surface area contributed by atoms with Gasteiger partial charge in [0.2, 0.25) is 5.78 Å². The summed E-state index contributed by atoms with van der Waals surface area (Å²) in [6.45, 7) is 5.25. The molecule has 0 aliphatic rings. The average Bonchev–Trinajstić information content (AvgIpc) is 2.74. The number of hydrogen-bond acceptors (Lipinski definition) is 4. The van der Waals surface area contributed by atoms with Crippen molar-refractivity contribution in [2.24, 2.45) is 0 Å². The number of aromatic amines is 1. The lowest BCUT2D eigenvalue weighted by molar-refractivity contribution is -0.00246. The molecule has 1 aromatic rings. The van der Waals surface area contributed by atoms with Crippen molar-refractivity contribution in [1.82, 2.24) is 4.98 Å². The summed E-state index contributed by atoms with van der Waals surface area (Å²) in [7, 11) is 0. The summed E-state index contributed by atoms with van der Waals surface area (Å²) in [5.41, 5.74) is -0.0931. The van der Waals surface area contributed by atoms with Crippen LogP contribution in [0, 0.1) is 0 Å². The third kappa shape index (κ3) is 5.34. The standard InChI is InChI=1S/C13H17NO4/c1-13(2,3)18-12(16)17-9-5-7-11(15)10-6-4-8-14-10/h4-8,14H,9H2,1-3H3/b7-5+. The molecule has 98 valence electrons. The normalized spacial score (nSPS) is 11.5. The zero-order chi connectivity index (χ0) is 13.6. The summed E-state index contributed by atoms with van der Waals surface area (Å²) >= 11 is 0. The number of nitrogens with one attached hydrogen (secondary N) is 1. The van der Waals surface area contributed by atoms with Gasteiger partial charge in [0, 0.05) is 6.20 Å². The maximum atomic E-state index is 11.5. The van der Waals surface area contributed by atoms with Crippen LogP contribution in [0.3, 0.4) is 0 Å². The molecule has 0 saturated carbocycles. The van der Waals surface area contributed by atoms with Crippen molar-refractivity contribution in [2.75, 3.05) is 6.61 Å². The molecule has 0 unspecified atom stereocenters. The van der Waals surface area contributed by atoms with E-state index in [0.717, 1.165) is 0 Å². The van der Waals surface area contributed by atoms with Crippen LogP contribution in [-0.4, -0.2) is 29.1 Å². The molecule has 18 heavy (non-hydrogen) atoms. The topological polar surface area (TPSA) is 68.4 Å². The van der Waals surface area contributed by atoms with Gasteiger partial charge in [0.05, 0.1) is 5.69 Å². The number of rotatable bonds is 4. The van der Waals surface area contributed by atoms with Gasteiger partial charge in [-0.2, -0.15) is 0 Å². The number of carbonyl (C=O) groups is 2. The number of aromatic nitrogens is 1. The Morgan fingerprint density at radius 1 is 1.39 bits per heavy atom. The molecule has 0 bridgehead atoms. The Hall–Kier alpha value is -2.04. The first-order valence-corrected chi connectivity index (χ1v) is 5.58. The van der Waals surface area contributed by atoms with Gasteiger partial charge in [-0.3, -0.25) is 4.79 Å². The van der Waals surface area contributed by atoms with E-state index >= 15 is 0 Å². The lowest BCUT2D eigenvalue weighted by Crippen LogP contribution is -2.24. The Morgan fingerprint density at radius 3 is 2.67 bits per heavy atom. The molecule has 0 fully saturated rings. The second kappa shape index (κ2) is 6.05. The predicted octanol–water partition coefficient (Wildman–Crippen LogP) is 2.71. The van der Waals surface area contributed by atoms with Crippen LogP contribution in [0.1, 0.15) is 31.3 Å². The monoisotopic (exact) mass is 251 g/mol. The van der Waals surface area contributed by atoms with Crippen LogP contribution in [0.2, 0.25) is 0 Å². The largest absolute Gasteiger partial charge is 0.509 e. The van der Waals surface area contributed by atoms with Crippen LogP contribution < -0.4 is 0 Å². The quantitative estimate of drug-likeness (QED) is 0.507. The minimum absolute atomic E-state index is 0.00135. The Balaban J connectivity index is 2.30. The number of H-pyrrole nitrogens is 1. The van der Waals surface area contributed by atoms with Gasteiger partial charge >= 0.3 is 6.16 Å². The SMILES string of the molecule is CC(C)(C)OC(=O)OC/C=C/C(=O)c1ccc[nH]1. The molecule has 0 saturated heterocycles. The second-order valence-electron chi connectivity index (χ2n) is 4.63. The fourth-order valence-corrected chi connectivity index (χ4v) is 1.12. The summed E-state index contributed by atoms with van der Waals surface area (Å²) in [6.07, 6.45) is 3.72. The number of allylic oxidation sites excluding steroid dienone is 1. The van der Waals surface area contributed by atoms with Gasteiger partial charge in [-0.25, -0.2) is 4.79 Å². The van der Waals surface area contributed by atoms with Gasteiger partial charge in [-0.1, -0.05) is 0 Å². The minimum atomic E-state index is -0.750. The molecule has 1 N–H and O–H groups in total. The van der Waals surface area contributed by atoms with Crippen molar-refractivity contribution in [1.29, 1.82) is 0 Å². The number of hydrogen-bond donors (Lipinski definition) is 1. The number of carbonyl (C=O) groups excluding carboxylic acids is 2. The van der Waals surface area contributed by atoms with Crippen molar-refractivity contribution in [3.05, 3.63) is 36.2 Å². The molecule has 0 aliphatic heterocycles. The van der Waals surface area contributed by atoms with Crippen LogP contribution in [0.5, 0.6) is 0 Å². The van der Waals surface area contributed by atoms with Gasteiger partial charge in [0.1, 0.15) is 12.2 Å². The van der Waals surface area contributed by atoms with E-state index in [1.54, 1.807) is 39.1 Å². The average molecular weight is 251 g/mol. The lowest BCUT2D eigenvalue weighted by atomic mass is 10.2. The molecule has 0 radical (unpaired) electrons. The van der Waals surface area contributed by atoms with Gasteiger partial charge < -0.3 is 14.5 Å². The van der Waals surface area contributed by atoms with E-state index < -0.39 is 11.8 Å². The molecule has 0 atom stereocenters. The smallest absolute Gasteiger partial charge is 0.430 e. The van der Waals surface area contributed by atoms with Gasteiger partial charge in [0.25, 0.3) is 0 Å². The van der Waals surface area contributed by atoms with Crippen LogP contribution >= 0.6 is 0 Å². The van der Waals surface area contributed by atoms with Gasteiger partial charge in [0.15, 0.2) is 0 Å². The highest BCUT2D eigenvalue weighted by Crippen LogP contribution is 2.07. The van der Waals surface area contributed by atoms with Crippen LogP contribution in [0.25, 0.3) is 0 Å². The molecule has 1 heterocycles. The Kier molecular flexibility index (Phi) is 4.71. The van der Waals surface area contributed by atoms with Crippen LogP contribution in [0.15, 0.2) is 30.5 Å². The van der Waals surface area contributed by atoms with E-state index in [2.05, 4.69) is 4.98 Å². The van der Waals surface area contributed by atoms with Crippen molar-refractivity contribution in [3.8, 4) is 0 Å². The Labute approximate surface area is 106 Å². The summed E-state index contributed by atoms with van der Waals surface area (Å²) in [5.74, 6) is -0.173. The molecule has 0 spiro atoms. The zero-order valence-corrected chi connectivity index (χ0v) is 10.7. The highest BCUT2D eigenvalue weighted by Gasteiger charge is 2.16. The lowest BCUT2D eigenvalue weighted by Gasteiger charge is -2.18. The molecular weight excluding hydrogens is 234 g/mol. The first kappa shape index (κ1) is 14.0. The van der Waals surface area contributed by atoms with Crippen LogP contribution in [-0.2, 0) is 9.47 Å². The molecule has 0 aliphatic carbocycles. The maximum Gasteiger partial charge on any atom is 0.509 e. The van der Waals surface area contributed by atoms with Crippen molar-refractivity contribution in [3.63, 3.8) is 0 Å². The minimum Gasteiger partial charge on any atom is -0.430 e. The van der Waals surface area contributed by atoms with Crippen molar-refractivity contribution >= 4 is 11.9 Å². The highest BCUT2D eigenvalue weighted by molar-refractivity contribution is 6.03. The molecular formula is C13H17NO4. The Bertz CT molecular complexity index is 426. The van der Waals surface area contributed by atoms with E-state index in [-0.39, 0.29) is 12.4 Å². The van der Waals surface area contributed by atoms with Gasteiger partial charge in [-0.05, 0) is 45.1 Å². The molecule has 5 nitrogen and oxygen atoms in total. The number of ketones is 1. The third-order valence-electron chi connectivity index (χ3n) is 1.82. The van der Waals surface area contributed by atoms with Crippen molar-refractivity contribution in [2.45, 2.75) is 26.4 Å². The molecule has 1 rings (SSSR count). The summed E-state index contributed by atoms with van der Waals surface area (Å²) < 4.78 is 9.71. The van der Waals surface area contributed by atoms with E-state index in [1.165, 1.54) is 12.2 Å². The molecule has 0 amide bonds. The zero-order valence-electron chi connectivity index (χ0n) is 10.7. The molecule has 5 heteroatoms. The Morgan fingerprint density at radius 2 is 2.11 bits per heavy atom. The third-order valence-corrected chi connectivity index (χ3v) is 1.82. The van der Waals surface area contributed by atoms with E-state index in [0.29, 0.717) is 5.69 Å². The van der Waals surface area contributed by atoms with Crippen molar-refractivity contribution < 1.29 is 19.1 Å². The second-order valence-corrected chi connectivity index (χ2v) is 4.63. The van der Waals surface area contributed by atoms with E-state index in [9.17, 15) is 9.59 Å². The van der Waals surface area contributed by atoms with E-state index in [4.69, 9.17) is 9.47 Å². The predicted molar refractivity (Wildman–Crippen MR) is 66.4 cm³/mol.